The zero-order valence-electron chi connectivity index (χ0n) is 9.94. The van der Waals surface area contributed by atoms with Crippen molar-refractivity contribution in [3.63, 3.8) is 0 Å². The monoisotopic (exact) mass is 248 g/mol. The van der Waals surface area contributed by atoms with E-state index in [1.807, 2.05) is 0 Å². The van der Waals surface area contributed by atoms with Crippen LogP contribution in [0.5, 0.6) is 0 Å². The molecule has 0 radical (unpaired) electrons. The van der Waals surface area contributed by atoms with Crippen LogP contribution in [0.25, 0.3) is 0 Å². The first-order valence-corrected chi connectivity index (χ1v) is 5.48. The molecule has 0 rings (SSSR count). The highest BCUT2D eigenvalue weighted by Gasteiger charge is 2.18. The summed E-state index contributed by atoms with van der Waals surface area (Å²) in [6.07, 6.45) is 1.58. The number of carboxylic acids is 1. The molecule has 0 saturated carbocycles. The van der Waals surface area contributed by atoms with Crippen LogP contribution in [0.3, 0.4) is 0 Å². The van der Waals surface area contributed by atoms with Crippen molar-refractivity contribution in [1.29, 1.82) is 0 Å². The molecule has 17 heavy (non-hydrogen) atoms. The Morgan fingerprint density at radius 3 is 2.59 bits per heavy atom. The van der Waals surface area contributed by atoms with Crippen LogP contribution in [-0.2, 0) is 9.53 Å². The first-order chi connectivity index (χ1) is 8.11. The highest BCUT2D eigenvalue weighted by atomic mass is 16.5. The zero-order valence-corrected chi connectivity index (χ0v) is 9.94. The van der Waals surface area contributed by atoms with Crippen LogP contribution in [0, 0.1) is 0 Å². The smallest absolute Gasteiger partial charge is 0.326 e. The van der Waals surface area contributed by atoms with Gasteiger partial charge in [0.1, 0.15) is 6.04 Å². The Hall–Kier alpha value is -1.34. The summed E-state index contributed by atoms with van der Waals surface area (Å²) in [7, 11) is 1.60. The molecular weight excluding hydrogens is 228 g/mol. The van der Waals surface area contributed by atoms with Crippen LogP contribution in [-0.4, -0.2) is 55.1 Å². The topological polar surface area (TPSA) is 108 Å². The Kier molecular flexibility index (Phi) is 9.08. The lowest BCUT2D eigenvalue weighted by Crippen LogP contribution is -2.46. The van der Waals surface area contributed by atoms with Gasteiger partial charge in [-0.3, -0.25) is 0 Å². The Balaban J connectivity index is 3.71. The predicted molar refractivity (Wildman–Crippen MR) is 60.8 cm³/mol. The lowest BCUT2D eigenvalue weighted by molar-refractivity contribution is -0.139. The number of nitrogens with one attached hydrogen (secondary N) is 2. The molecule has 100 valence electrons. The van der Waals surface area contributed by atoms with Crippen molar-refractivity contribution < 1.29 is 24.5 Å². The van der Waals surface area contributed by atoms with E-state index < -0.39 is 18.0 Å². The number of hydrogen-bond acceptors (Lipinski definition) is 4. The highest BCUT2D eigenvalue weighted by Crippen LogP contribution is 1.91. The standard InChI is InChI=1S/C10H20N2O5/c1-17-7-3-2-5-11-10(16)12-8(4-6-13)9(14)15/h8,13H,2-7H2,1H3,(H,14,15)(H2,11,12,16)/t8-/m1/s1. The number of amides is 2. The maximum absolute atomic E-state index is 11.3. The number of carbonyl (C=O) groups excluding carboxylic acids is 1. The number of carbonyl (C=O) groups is 2. The largest absolute Gasteiger partial charge is 0.480 e. The summed E-state index contributed by atoms with van der Waals surface area (Å²) in [4.78, 5) is 21.9. The van der Waals surface area contributed by atoms with Crippen LogP contribution in [0.15, 0.2) is 0 Å². The number of hydrogen-bond donors (Lipinski definition) is 4. The van der Waals surface area contributed by atoms with Crippen molar-refractivity contribution in [2.24, 2.45) is 0 Å². The molecule has 0 aliphatic rings. The Morgan fingerprint density at radius 2 is 2.06 bits per heavy atom. The lowest BCUT2D eigenvalue weighted by atomic mass is 10.2. The number of aliphatic carboxylic acids is 1. The summed E-state index contributed by atoms with van der Waals surface area (Å²) in [5.41, 5.74) is 0. The summed E-state index contributed by atoms with van der Waals surface area (Å²) < 4.78 is 4.84. The fourth-order valence-electron chi connectivity index (χ4n) is 1.17. The summed E-state index contributed by atoms with van der Waals surface area (Å²) in [5, 5.41) is 22.1. The highest BCUT2D eigenvalue weighted by molar-refractivity contribution is 5.82. The molecule has 0 aromatic heterocycles. The van der Waals surface area contributed by atoms with Crippen molar-refractivity contribution in [2.75, 3.05) is 26.9 Å². The van der Waals surface area contributed by atoms with E-state index in [4.69, 9.17) is 14.9 Å². The van der Waals surface area contributed by atoms with Gasteiger partial charge in [0.2, 0.25) is 0 Å². The number of aliphatic hydroxyl groups excluding tert-OH is 1. The molecule has 4 N–H and O–H groups in total. The van der Waals surface area contributed by atoms with Crippen LogP contribution in [0.4, 0.5) is 4.79 Å². The van der Waals surface area contributed by atoms with Gasteiger partial charge < -0.3 is 25.6 Å². The molecular formula is C10H20N2O5. The van der Waals surface area contributed by atoms with Crippen molar-refractivity contribution in [2.45, 2.75) is 25.3 Å². The second kappa shape index (κ2) is 9.86. The number of urea groups is 1. The van der Waals surface area contributed by atoms with Gasteiger partial charge in [-0.1, -0.05) is 0 Å². The van der Waals surface area contributed by atoms with Crippen LogP contribution in [0.1, 0.15) is 19.3 Å². The normalized spacial score (nSPS) is 11.9. The Bertz CT molecular complexity index is 235. The van der Waals surface area contributed by atoms with Gasteiger partial charge in [-0.25, -0.2) is 9.59 Å². The van der Waals surface area contributed by atoms with E-state index in [-0.39, 0.29) is 13.0 Å². The number of methoxy groups -OCH3 is 1. The maximum Gasteiger partial charge on any atom is 0.326 e. The third-order valence-electron chi connectivity index (χ3n) is 2.08. The van der Waals surface area contributed by atoms with Crippen molar-refractivity contribution in [3.8, 4) is 0 Å². The molecule has 7 nitrogen and oxygen atoms in total. The summed E-state index contributed by atoms with van der Waals surface area (Å²) in [6, 6.07) is -1.60. The summed E-state index contributed by atoms with van der Waals surface area (Å²) in [5.74, 6) is -1.16. The van der Waals surface area contributed by atoms with Gasteiger partial charge in [0, 0.05) is 33.3 Å². The van der Waals surface area contributed by atoms with E-state index in [1.165, 1.54) is 0 Å². The van der Waals surface area contributed by atoms with Crippen molar-refractivity contribution in [3.05, 3.63) is 0 Å². The van der Waals surface area contributed by atoms with Gasteiger partial charge >= 0.3 is 12.0 Å². The van der Waals surface area contributed by atoms with Crippen molar-refractivity contribution >= 4 is 12.0 Å². The molecule has 0 aliphatic heterocycles. The first kappa shape index (κ1) is 15.7. The fraction of sp³-hybridized carbons (Fsp3) is 0.800. The molecule has 0 unspecified atom stereocenters. The minimum atomic E-state index is -1.16. The maximum atomic E-state index is 11.3. The molecule has 0 aliphatic carbocycles. The minimum Gasteiger partial charge on any atom is -0.480 e. The van der Waals surface area contributed by atoms with Gasteiger partial charge in [-0.15, -0.1) is 0 Å². The number of aliphatic hydroxyl groups is 1. The first-order valence-electron chi connectivity index (χ1n) is 5.48. The van der Waals surface area contributed by atoms with Gasteiger partial charge in [0.05, 0.1) is 0 Å². The number of carboxylic acid groups (broad SMARTS) is 1. The molecule has 0 heterocycles. The molecule has 0 spiro atoms. The van der Waals surface area contributed by atoms with E-state index in [2.05, 4.69) is 10.6 Å². The Labute approximate surface area is 100 Å². The van der Waals surface area contributed by atoms with E-state index in [1.54, 1.807) is 7.11 Å². The third kappa shape index (κ3) is 8.47. The van der Waals surface area contributed by atoms with Crippen LogP contribution < -0.4 is 10.6 Å². The number of unbranched alkanes of at least 4 members (excludes halogenated alkanes) is 1. The molecule has 0 aromatic carbocycles. The minimum absolute atomic E-state index is 0.00751. The SMILES string of the molecule is COCCCCNC(=O)N[C@H](CCO)C(=O)O. The average Bonchev–Trinajstić information content (AvgIpc) is 2.28. The molecule has 0 fully saturated rings. The van der Waals surface area contributed by atoms with Gasteiger partial charge in [0.15, 0.2) is 0 Å². The molecule has 1 atom stereocenters. The summed E-state index contributed by atoms with van der Waals surface area (Å²) >= 11 is 0. The number of rotatable bonds is 9. The van der Waals surface area contributed by atoms with Gasteiger partial charge in [-0.2, -0.15) is 0 Å². The second-order valence-corrected chi connectivity index (χ2v) is 3.50. The predicted octanol–water partition coefficient (Wildman–Crippen LogP) is -0.452. The van der Waals surface area contributed by atoms with Crippen molar-refractivity contribution in [1.82, 2.24) is 10.6 Å². The quantitative estimate of drug-likeness (QED) is 0.413. The average molecular weight is 248 g/mol. The molecule has 0 aromatic rings. The lowest BCUT2D eigenvalue weighted by Gasteiger charge is -2.13. The molecule has 7 heteroatoms. The van der Waals surface area contributed by atoms with Gasteiger partial charge in [-0.05, 0) is 12.8 Å². The van der Waals surface area contributed by atoms with Crippen LogP contribution >= 0.6 is 0 Å². The zero-order chi connectivity index (χ0) is 13.1. The molecule has 2 amide bonds. The Morgan fingerprint density at radius 1 is 1.35 bits per heavy atom. The van der Waals surface area contributed by atoms with E-state index in [0.717, 1.165) is 12.8 Å². The van der Waals surface area contributed by atoms with E-state index >= 15 is 0 Å². The van der Waals surface area contributed by atoms with E-state index in [0.29, 0.717) is 13.2 Å². The second-order valence-electron chi connectivity index (χ2n) is 3.50. The van der Waals surface area contributed by atoms with Crippen LogP contribution in [0.2, 0.25) is 0 Å². The fourth-order valence-corrected chi connectivity index (χ4v) is 1.17. The molecule has 0 saturated heterocycles. The van der Waals surface area contributed by atoms with E-state index in [9.17, 15) is 9.59 Å². The molecule has 0 bridgehead atoms. The van der Waals surface area contributed by atoms with Gasteiger partial charge in [0.25, 0.3) is 0 Å². The summed E-state index contributed by atoms with van der Waals surface area (Å²) in [6.45, 7) is 0.803. The number of ether oxygens (including phenoxy) is 1. The third-order valence-corrected chi connectivity index (χ3v) is 2.08.